The first-order valence-corrected chi connectivity index (χ1v) is 4.30. The lowest BCUT2D eigenvalue weighted by atomic mass is 9.80. The molecule has 2 rings (SSSR count). The number of aromatic nitrogens is 2. The molecule has 1 heterocycles. The van der Waals surface area contributed by atoms with Crippen LogP contribution in [0.5, 0.6) is 0 Å². The van der Waals surface area contributed by atoms with E-state index in [1.807, 2.05) is 13.2 Å². The number of nitrogens with zero attached hydrogens (tertiary/aromatic N) is 2. The molecular weight excluding hydrogens is 152 g/mol. The number of aryl methyl sites for hydroxylation is 1. The van der Waals surface area contributed by atoms with Crippen LogP contribution >= 0.6 is 0 Å². The molecule has 0 aromatic carbocycles. The molecule has 0 atom stereocenters. The van der Waals surface area contributed by atoms with Crippen LogP contribution in [0, 0.1) is 0 Å². The van der Waals surface area contributed by atoms with E-state index in [1.165, 1.54) is 19.3 Å². The first-order valence-electron chi connectivity index (χ1n) is 4.30. The highest BCUT2D eigenvalue weighted by Crippen LogP contribution is 2.37. The number of hydrogen-bond acceptors (Lipinski definition) is 2. The lowest BCUT2D eigenvalue weighted by Gasteiger charge is -2.24. The highest BCUT2D eigenvalue weighted by Gasteiger charge is 2.24. The number of hydrogen-bond donors (Lipinski definition) is 0. The minimum Gasteiger partial charge on any atom is -0.296 e. The average Bonchev–Trinajstić information content (AvgIpc) is 2.29. The van der Waals surface area contributed by atoms with Crippen molar-refractivity contribution in [2.75, 3.05) is 0 Å². The zero-order chi connectivity index (χ0) is 8.55. The second kappa shape index (κ2) is 2.73. The molecule has 1 fully saturated rings. The Balaban J connectivity index is 2.35. The number of rotatable bonds is 2. The van der Waals surface area contributed by atoms with Crippen molar-refractivity contribution in [3.05, 3.63) is 17.5 Å². The van der Waals surface area contributed by atoms with Crippen LogP contribution in [0.25, 0.3) is 0 Å². The SMILES string of the molecule is Cn1ncc(C2CCC2)c1C=O. The van der Waals surface area contributed by atoms with Gasteiger partial charge in [-0.15, -0.1) is 0 Å². The number of carbonyl (C=O) groups excluding carboxylic acids is 1. The van der Waals surface area contributed by atoms with Crippen molar-refractivity contribution >= 4 is 6.29 Å². The van der Waals surface area contributed by atoms with Gasteiger partial charge in [-0.05, 0) is 18.8 Å². The summed E-state index contributed by atoms with van der Waals surface area (Å²) in [5.41, 5.74) is 1.89. The molecule has 1 aromatic rings. The Morgan fingerprint density at radius 3 is 2.92 bits per heavy atom. The van der Waals surface area contributed by atoms with Gasteiger partial charge in [-0.1, -0.05) is 6.42 Å². The Morgan fingerprint density at radius 1 is 1.67 bits per heavy atom. The predicted octanol–water partition coefficient (Wildman–Crippen LogP) is 1.50. The molecule has 1 aliphatic carbocycles. The van der Waals surface area contributed by atoms with Gasteiger partial charge in [0.15, 0.2) is 6.29 Å². The Morgan fingerprint density at radius 2 is 2.42 bits per heavy atom. The minimum atomic E-state index is 0.596. The van der Waals surface area contributed by atoms with E-state index in [4.69, 9.17) is 0 Å². The minimum absolute atomic E-state index is 0.596. The summed E-state index contributed by atoms with van der Waals surface area (Å²) >= 11 is 0. The van der Waals surface area contributed by atoms with Gasteiger partial charge in [0.25, 0.3) is 0 Å². The maximum atomic E-state index is 10.7. The third kappa shape index (κ3) is 0.967. The van der Waals surface area contributed by atoms with Crippen LogP contribution in [-0.2, 0) is 7.05 Å². The number of aldehydes is 1. The predicted molar refractivity (Wildman–Crippen MR) is 45.2 cm³/mol. The van der Waals surface area contributed by atoms with Crippen molar-refractivity contribution in [2.45, 2.75) is 25.2 Å². The summed E-state index contributed by atoms with van der Waals surface area (Å²) < 4.78 is 1.65. The molecular formula is C9H12N2O. The topological polar surface area (TPSA) is 34.9 Å². The Hall–Kier alpha value is -1.12. The summed E-state index contributed by atoms with van der Waals surface area (Å²) in [6.45, 7) is 0. The van der Waals surface area contributed by atoms with E-state index in [1.54, 1.807) is 4.68 Å². The Bertz CT molecular complexity index is 299. The van der Waals surface area contributed by atoms with Gasteiger partial charge in [0.05, 0.1) is 6.20 Å². The Kier molecular flexibility index (Phi) is 1.71. The molecule has 0 spiro atoms. The first kappa shape index (κ1) is 7.53. The quantitative estimate of drug-likeness (QED) is 0.621. The molecule has 1 aromatic heterocycles. The van der Waals surface area contributed by atoms with Gasteiger partial charge in [0.2, 0.25) is 0 Å². The van der Waals surface area contributed by atoms with E-state index in [2.05, 4.69) is 5.10 Å². The van der Waals surface area contributed by atoms with Crippen LogP contribution in [0.1, 0.15) is 41.2 Å². The van der Waals surface area contributed by atoms with Gasteiger partial charge in [-0.25, -0.2) is 0 Å². The van der Waals surface area contributed by atoms with Crippen LogP contribution in [0.3, 0.4) is 0 Å². The van der Waals surface area contributed by atoms with E-state index >= 15 is 0 Å². The van der Waals surface area contributed by atoms with Crippen LogP contribution in [-0.4, -0.2) is 16.1 Å². The monoisotopic (exact) mass is 164 g/mol. The summed E-state index contributed by atoms with van der Waals surface area (Å²) in [5, 5.41) is 4.08. The fourth-order valence-electron chi connectivity index (χ4n) is 1.64. The summed E-state index contributed by atoms with van der Waals surface area (Å²) in [7, 11) is 1.81. The molecule has 12 heavy (non-hydrogen) atoms. The fourth-order valence-corrected chi connectivity index (χ4v) is 1.64. The van der Waals surface area contributed by atoms with Gasteiger partial charge in [-0.2, -0.15) is 5.10 Å². The maximum absolute atomic E-state index is 10.7. The van der Waals surface area contributed by atoms with Crippen molar-refractivity contribution in [3.8, 4) is 0 Å². The zero-order valence-electron chi connectivity index (χ0n) is 7.16. The van der Waals surface area contributed by atoms with Crippen LogP contribution in [0.15, 0.2) is 6.20 Å². The van der Waals surface area contributed by atoms with Crippen molar-refractivity contribution in [3.63, 3.8) is 0 Å². The molecule has 0 amide bonds. The van der Waals surface area contributed by atoms with E-state index in [0.717, 1.165) is 17.5 Å². The molecule has 0 N–H and O–H groups in total. The highest BCUT2D eigenvalue weighted by molar-refractivity contribution is 5.74. The van der Waals surface area contributed by atoms with Gasteiger partial charge in [-0.3, -0.25) is 9.48 Å². The third-order valence-corrected chi connectivity index (χ3v) is 2.67. The van der Waals surface area contributed by atoms with Crippen LogP contribution in [0.2, 0.25) is 0 Å². The van der Waals surface area contributed by atoms with Gasteiger partial charge >= 0.3 is 0 Å². The second-order valence-corrected chi connectivity index (χ2v) is 3.35. The van der Waals surface area contributed by atoms with Crippen LogP contribution in [0.4, 0.5) is 0 Å². The van der Waals surface area contributed by atoms with Gasteiger partial charge in [0.1, 0.15) is 5.69 Å². The molecule has 64 valence electrons. The number of carbonyl (C=O) groups is 1. The lowest BCUT2D eigenvalue weighted by Crippen LogP contribution is -2.10. The molecule has 0 bridgehead atoms. The zero-order valence-corrected chi connectivity index (χ0v) is 7.16. The molecule has 1 saturated carbocycles. The largest absolute Gasteiger partial charge is 0.296 e. The lowest BCUT2D eigenvalue weighted by molar-refractivity contribution is 0.111. The van der Waals surface area contributed by atoms with Crippen molar-refractivity contribution in [2.24, 2.45) is 7.05 Å². The van der Waals surface area contributed by atoms with Gasteiger partial charge in [0, 0.05) is 12.6 Å². The summed E-state index contributed by atoms with van der Waals surface area (Å²) in [6.07, 6.45) is 6.45. The van der Waals surface area contributed by atoms with Crippen LogP contribution < -0.4 is 0 Å². The molecule has 0 saturated heterocycles. The normalized spacial score (nSPS) is 17.4. The highest BCUT2D eigenvalue weighted by atomic mass is 16.1. The van der Waals surface area contributed by atoms with Gasteiger partial charge < -0.3 is 0 Å². The fraction of sp³-hybridized carbons (Fsp3) is 0.556. The van der Waals surface area contributed by atoms with E-state index in [9.17, 15) is 4.79 Å². The van der Waals surface area contributed by atoms with Crippen molar-refractivity contribution in [1.29, 1.82) is 0 Å². The Labute approximate surface area is 71.4 Å². The molecule has 0 unspecified atom stereocenters. The summed E-state index contributed by atoms with van der Waals surface area (Å²) in [4.78, 5) is 10.7. The molecule has 0 radical (unpaired) electrons. The average molecular weight is 164 g/mol. The van der Waals surface area contributed by atoms with E-state index < -0.39 is 0 Å². The molecule has 3 heteroatoms. The molecule has 1 aliphatic rings. The van der Waals surface area contributed by atoms with Crippen molar-refractivity contribution < 1.29 is 4.79 Å². The standard InChI is InChI=1S/C9H12N2O/c1-11-9(6-12)8(5-10-11)7-3-2-4-7/h5-7H,2-4H2,1H3. The third-order valence-electron chi connectivity index (χ3n) is 2.67. The first-order chi connectivity index (χ1) is 5.83. The molecule has 3 nitrogen and oxygen atoms in total. The van der Waals surface area contributed by atoms with E-state index in [-0.39, 0.29) is 0 Å². The summed E-state index contributed by atoms with van der Waals surface area (Å²) in [6, 6.07) is 0. The smallest absolute Gasteiger partial charge is 0.168 e. The summed E-state index contributed by atoms with van der Waals surface area (Å²) in [5.74, 6) is 0.596. The van der Waals surface area contributed by atoms with Crippen molar-refractivity contribution in [1.82, 2.24) is 9.78 Å². The maximum Gasteiger partial charge on any atom is 0.168 e. The second-order valence-electron chi connectivity index (χ2n) is 3.35. The molecule has 0 aliphatic heterocycles. The van der Waals surface area contributed by atoms with E-state index in [0.29, 0.717) is 5.92 Å².